The summed E-state index contributed by atoms with van der Waals surface area (Å²) in [7, 11) is 0. The van der Waals surface area contributed by atoms with Gasteiger partial charge in [-0.15, -0.1) is 13.2 Å². The molecule has 0 saturated heterocycles. The van der Waals surface area contributed by atoms with E-state index in [9.17, 15) is 0 Å². The van der Waals surface area contributed by atoms with Crippen LogP contribution in [-0.4, -0.2) is 0 Å². The average molecular weight is 277 g/mol. The lowest BCUT2D eigenvalue weighted by Gasteiger charge is -2.48. The van der Waals surface area contributed by atoms with E-state index < -0.39 is 0 Å². The van der Waals surface area contributed by atoms with Gasteiger partial charge in [0.1, 0.15) is 0 Å². The molecule has 0 N–H and O–H groups in total. The second kappa shape index (κ2) is 8.70. The van der Waals surface area contributed by atoms with Crippen molar-refractivity contribution in [2.75, 3.05) is 0 Å². The minimum atomic E-state index is 0.971. The maximum atomic E-state index is 3.00. The Balaban J connectivity index is 0.000000461. The Morgan fingerprint density at radius 2 is 1.55 bits per heavy atom. The molecule has 0 heterocycles. The van der Waals surface area contributed by atoms with E-state index in [0.717, 1.165) is 29.6 Å². The van der Waals surface area contributed by atoms with Crippen LogP contribution >= 0.6 is 0 Å². The van der Waals surface area contributed by atoms with Crippen LogP contribution in [0.2, 0.25) is 0 Å². The predicted molar refractivity (Wildman–Crippen MR) is 91.8 cm³/mol. The Morgan fingerprint density at radius 3 is 2.25 bits per heavy atom. The first-order valence-electron chi connectivity index (χ1n) is 8.97. The molecule has 5 atom stereocenters. The highest BCUT2D eigenvalue weighted by molar-refractivity contribution is 5.19. The molecular formula is C20H36. The molecule has 0 aromatic carbocycles. The summed E-state index contributed by atoms with van der Waals surface area (Å²) in [5.74, 6) is 4.98. The van der Waals surface area contributed by atoms with Gasteiger partial charge in [-0.1, -0.05) is 52.2 Å². The molecule has 0 heteroatoms. The van der Waals surface area contributed by atoms with Crippen molar-refractivity contribution < 1.29 is 0 Å². The van der Waals surface area contributed by atoms with Crippen LogP contribution in [0.3, 0.4) is 0 Å². The highest BCUT2D eigenvalue weighted by Gasteiger charge is 2.41. The van der Waals surface area contributed by atoms with Crippen molar-refractivity contribution in [2.24, 2.45) is 29.6 Å². The van der Waals surface area contributed by atoms with E-state index in [4.69, 9.17) is 0 Å². The fourth-order valence-corrected chi connectivity index (χ4v) is 4.83. The van der Waals surface area contributed by atoms with Crippen molar-refractivity contribution in [3.8, 4) is 0 Å². The fourth-order valence-electron chi connectivity index (χ4n) is 4.83. The third-order valence-corrected chi connectivity index (χ3v) is 5.78. The Morgan fingerprint density at radius 1 is 0.850 bits per heavy atom. The molecule has 3 rings (SSSR count). The second-order valence-corrected chi connectivity index (χ2v) is 6.62. The summed E-state index contributed by atoms with van der Waals surface area (Å²) in [4.78, 5) is 0. The minimum absolute atomic E-state index is 0.971. The molecule has 0 nitrogen and oxygen atoms in total. The molecule has 20 heavy (non-hydrogen) atoms. The van der Waals surface area contributed by atoms with Crippen LogP contribution in [0.25, 0.3) is 0 Å². The lowest BCUT2D eigenvalue weighted by molar-refractivity contribution is 0.113. The Bertz CT molecular complexity index is 301. The van der Waals surface area contributed by atoms with Gasteiger partial charge >= 0.3 is 0 Å². The number of fused-ring (bicyclic) bond motifs is 3. The molecule has 0 radical (unpaired) electrons. The van der Waals surface area contributed by atoms with Crippen LogP contribution < -0.4 is 0 Å². The first kappa shape index (κ1) is 17.5. The van der Waals surface area contributed by atoms with Gasteiger partial charge in [0, 0.05) is 0 Å². The molecular weight excluding hydrogens is 240 g/mol. The van der Waals surface area contributed by atoms with Crippen LogP contribution in [0.15, 0.2) is 24.8 Å². The minimum Gasteiger partial charge on any atom is -0.106 e. The van der Waals surface area contributed by atoms with Gasteiger partial charge in [-0.2, -0.15) is 0 Å². The Labute approximate surface area is 127 Å². The largest absolute Gasteiger partial charge is 0.106 e. The summed E-state index contributed by atoms with van der Waals surface area (Å²) < 4.78 is 0. The SMILES string of the molecule is C=C.CC.CC1CCC=C2C1CCC1C(C)CCCC21. The molecule has 3 aliphatic carbocycles. The molecule has 116 valence electrons. The summed E-state index contributed by atoms with van der Waals surface area (Å²) in [6.45, 7) is 15.0. The van der Waals surface area contributed by atoms with Gasteiger partial charge in [-0.05, 0) is 61.7 Å². The zero-order valence-corrected chi connectivity index (χ0v) is 14.3. The van der Waals surface area contributed by atoms with Gasteiger partial charge < -0.3 is 0 Å². The quantitative estimate of drug-likeness (QED) is 0.435. The van der Waals surface area contributed by atoms with Crippen LogP contribution in [0, 0.1) is 29.6 Å². The molecule has 0 spiro atoms. The van der Waals surface area contributed by atoms with Crippen LogP contribution in [0.5, 0.6) is 0 Å². The van der Waals surface area contributed by atoms with Crippen molar-refractivity contribution in [3.05, 3.63) is 24.8 Å². The Kier molecular flexibility index (Phi) is 7.62. The zero-order chi connectivity index (χ0) is 15.1. The summed E-state index contributed by atoms with van der Waals surface area (Å²) in [6, 6.07) is 0. The third-order valence-electron chi connectivity index (χ3n) is 5.78. The fraction of sp³-hybridized carbons (Fsp3) is 0.800. The number of hydrogen-bond acceptors (Lipinski definition) is 0. The van der Waals surface area contributed by atoms with E-state index in [0.29, 0.717) is 0 Å². The normalized spacial score (nSPS) is 38.8. The summed E-state index contributed by atoms with van der Waals surface area (Å²) in [6.07, 6.45) is 13.0. The van der Waals surface area contributed by atoms with Crippen molar-refractivity contribution in [2.45, 2.75) is 72.6 Å². The van der Waals surface area contributed by atoms with E-state index in [2.05, 4.69) is 33.1 Å². The van der Waals surface area contributed by atoms with E-state index in [-0.39, 0.29) is 0 Å². The molecule has 2 fully saturated rings. The zero-order valence-electron chi connectivity index (χ0n) is 14.3. The van der Waals surface area contributed by atoms with Crippen LogP contribution in [-0.2, 0) is 0 Å². The number of hydrogen-bond donors (Lipinski definition) is 0. The second-order valence-electron chi connectivity index (χ2n) is 6.62. The topological polar surface area (TPSA) is 0 Å². The lowest BCUT2D eigenvalue weighted by atomic mass is 9.57. The van der Waals surface area contributed by atoms with Crippen molar-refractivity contribution in [1.29, 1.82) is 0 Å². The molecule has 2 saturated carbocycles. The maximum Gasteiger partial charge on any atom is -0.0169 e. The first-order chi connectivity index (χ1) is 9.77. The number of rotatable bonds is 0. The van der Waals surface area contributed by atoms with Crippen molar-refractivity contribution >= 4 is 0 Å². The van der Waals surface area contributed by atoms with Crippen LogP contribution in [0.4, 0.5) is 0 Å². The smallest absolute Gasteiger partial charge is 0.0169 e. The predicted octanol–water partition coefficient (Wildman–Crippen LogP) is 6.63. The van der Waals surface area contributed by atoms with E-state index in [1.807, 2.05) is 19.4 Å². The van der Waals surface area contributed by atoms with E-state index >= 15 is 0 Å². The van der Waals surface area contributed by atoms with Crippen molar-refractivity contribution in [1.82, 2.24) is 0 Å². The highest BCUT2D eigenvalue weighted by Crippen LogP contribution is 2.52. The summed E-state index contributed by atoms with van der Waals surface area (Å²) in [5.41, 5.74) is 1.90. The third kappa shape index (κ3) is 3.57. The molecule has 0 aromatic heterocycles. The molecule has 5 unspecified atom stereocenters. The molecule has 3 aliphatic rings. The van der Waals surface area contributed by atoms with Gasteiger partial charge in [-0.25, -0.2) is 0 Å². The van der Waals surface area contributed by atoms with Gasteiger partial charge in [-0.3, -0.25) is 0 Å². The highest BCUT2D eigenvalue weighted by atomic mass is 14.5. The first-order valence-corrected chi connectivity index (χ1v) is 8.97. The van der Waals surface area contributed by atoms with Crippen molar-refractivity contribution in [3.63, 3.8) is 0 Å². The standard InChI is InChI=1S/C16H26.C2H6.C2H4/c1-11-5-3-7-15-13(11)9-10-14-12(2)6-4-8-16(14)15;2*1-2/h7,11-14,16H,3-6,8-10H2,1-2H3;1-2H3;1-2H2. The average Bonchev–Trinajstić information content (AvgIpc) is 2.52. The summed E-state index contributed by atoms with van der Waals surface area (Å²) >= 11 is 0. The molecule has 0 aliphatic heterocycles. The van der Waals surface area contributed by atoms with E-state index in [1.54, 1.807) is 0 Å². The monoisotopic (exact) mass is 276 g/mol. The maximum absolute atomic E-state index is 3.00. The van der Waals surface area contributed by atoms with E-state index in [1.165, 1.54) is 44.9 Å². The number of allylic oxidation sites excluding steroid dienone is 2. The van der Waals surface area contributed by atoms with Crippen LogP contribution in [0.1, 0.15) is 72.6 Å². The summed E-state index contributed by atoms with van der Waals surface area (Å²) in [5, 5.41) is 0. The Hall–Kier alpha value is -0.520. The van der Waals surface area contributed by atoms with Gasteiger partial charge in [0.05, 0.1) is 0 Å². The molecule has 0 bridgehead atoms. The van der Waals surface area contributed by atoms with Gasteiger partial charge in [0.25, 0.3) is 0 Å². The van der Waals surface area contributed by atoms with Gasteiger partial charge in [0.2, 0.25) is 0 Å². The molecule has 0 amide bonds. The van der Waals surface area contributed by atoms with Gasteiger partial charge in [0.15, 0.2) is 0 Å². The molecule has 0 aromatic rings. The lowest BCUT2D eigenvalue weighted by Crippen LogP contribution is -2.37.